The van der Waals surface area contributed by atoms with Gasteiger partial charge < -0.3 is 9.88 Å². The lowest BCUT2D eigenvalue weighted by atomic mass is 10.2. The van der Waals surface area contributed by atoms with Crippen LogP contribution in [0.5, 0.6) is 0 Å². The van der Waals surface area contributed by atoms with Crippen LogP contribution in [0.25, 0.3) is 17.0 Å². The van der Waals surface area contributed by atoms with Crippen molar-refractivity contribution < 1.29 is 4.79 Å². The molecule has 1 amide bonds. The molecule has 5 rings (SSSR count). The normalized spacial score (nSPS) is 14.5. The molecule has 9 nitrogen and oxygen atoms in total. The predicted octanol–water partition coefficient (Wildman–Crippen LogP) is 2.72. The number of nitrogens with zero attached hydrogens (tertiary/aromatic N) is 7. The Labute approximate surface area is 173 Å². The number of carbonyl (C=O) groups excluding carboxylic acids is 1. The summed E-state index contributed by atoms with van der Waals surface area (Å²) in [5.41, 5.74) is 2.01. The Morgan fingerprint density at radius 1 is 1.13 bits per heavy atom. The average molecular weight is 404 g/mol. The number of fused-ring (bicyclic) bond motifs is 1. The predicted molar refractivity (Wildman–Crippen MR) is 111 cm³/mol. The van der Waals surface area contributed by atoms with Crippen LogP contribution in [0.2, 0.25) is 0 Å². The van der Waals surface area contributed by atoms with Crippen LogP contribution in [0.1, 0.15) is 48.6 Å². The van der Waals surface area contributed by atoms with Gasteiger partial charge >= 0.3 is 0 Å². The van der Waals surface area contributed by atoms with Gasteiger partial charge in [0.1, 0.15) is 5.69 Å². The molecule has 0 atom stereocenters. The minimum absolute atomic E-state index is 0.190. The maximum atomic E-state index is 12.9. The quantitative estimate of drug-likeness (QED) is 0.478. The summed E-state index contributed by atoms with van der Waals surface area (Å²) in [6.45, 7) is 1.36. The zero-order chi connectivity index (χ0) is 20.3. The lowest BCUT2D eigenvalue weighted by Gasteiger charge is -2.13. The number of rotatable bonds is 7. The minimum atomic E-state index is -0.190. The Kier molecular flexibility index (Phi) is 5.00. The molecule has 154 valence electrons. The SMILES string of the molecule is O=C(NCCCn1ccnc1)c1nc(-c2ccnn2C2CCCC2)n2ccncc12. The highest BCUT2D eigenvalue weighted by atomic mass is 16.1. The van der Waals surface area contributed by atoms with Gasteiger partial charge in [0.15, 0.2) is 11.5 Å². The smallest absolute Gasteiger partial charge is 0.272 e. The molecule has 0 radical (unpaired) electrons. The first-order valence-corrected chi connectivity index (χ1v) is 10.4. The number of carbonyl (C=O) groups is 1. The van der Waals surface area contributed by atoms with Crippen molar-refractivity contribution in [2.45, 2.75) is 44.7 Å². The van der Waals surface area contributed by atoms with Crippen molar-refractivity contribution in [3.63, 3.8) is 0 Å². The molecular formula is C21H24N8O. The van der Waals surface area contributed by atoms with Crippen LogP contribution < -0.4 is 5.32 Å². The van der Waals surface area contributed by atoms with E-state index in [1.165, 1.54) is 12.8 Å². The van der Waals surface area contributed by atoms with E-state index in [-0.39, 0.29) is 5.91 Å². The third kappa shape index (κ3) is 3.47. The van der Waals surface area contributed by atoms with Gasteiger partial charge in [0, 0.05) is 44.1 Å². The summed E-state index contributed by atoms with van der Waals surface area (Å²) >= 11 is 0. The number of imidazole rings is 2. The molecule has 1 fully saturated rings. The fraction of sp³-hybridized carbons (Fsp3) is 0.381. The van der Waals surface area contributed by atoms with Crippen LogP contribution in [-0.4, -0.2) is 46.2 Å². The first-order valence-electron chi connectivity index (χ1n) is 10.4. The van der Waals surface area contributed by atoms with Crippen LogP contribution in [-0.2, 0) is 6.54 Å². The van der Waals surface area contributed by atoms with Gasteiger partial charge in [0.2, 0.25) is 0 Å². The van der Waals surface area contributed by atoms with Crippen molar-refractivity contribution in [3.05, 3.63) is 55.3 Å². The summed E-state index contributed by atoms with van der Waals surface area (Å²) in [5, 5.41) is 7.54. The van der Waals surface area contributed by atoms with Gasteiger partial charge in [-0.2, -0.15) is 5.10 Å². The Bertz CT molecular complexity index is 1140. The topological polar surface area (TPSA) is 94.9 Å². The molecule has 4 heterocycles. The molecule has 0 bridgehead atoms. The molecule has 4 aromatic rings. The summed E-state index contributed by atoms with van der Waals surface area (Å²) in [4.78, 5) is 25.9. The molecule has 0 aromatic carbocycles. The third-order valence-electron chi connectivity index (χ3n) is 5.67. The molecular weight excluding hydrogens is 380 g/mol. The van der Waals surface area contributed by atoms with Crippen molar-refractivity contribution in [3.8, 4) is 11.5 Å². The van der Waals surface area contributed by atoms with E-state index in [1.807, 2.05) is 33.6 Å². The lowest BCUT2D eigenvalue weighted by Crippen LogP contribution is -2.25. The van der Waals surface area contributed by atoms with Crippen molar-refractivity contribution in [2.24, 2.45) is 0 Å². The van der Waals surface area contributed by atoms with E-state index in [9.17, 15) is 4.79 Å². The Balaban J connectivity index is 1.39. The van der Waals surface area contributed by atoms with E-state index in [1.54, 1.807) is 24.9 Å². The van der Waals surface area contributed by atoms with Crippen LogP contribution in [0.15, 0.2) is 49.6 Å². The largest absolute Gasteiger partial charge is 0.351 e. The maximum absolute atomic E-state index is 12.9. The van der Waals surface area contributed by atoms with Gasteiger partial charge in [-0.05, 0) is 25.3 Å². The third-order valence-corrected chi connectivity index (χ3v) is 5.67. The fourth-order valence-electron chi connectivity index (χ4n) is 4.18. The highest BCUT2D eigenvalue weighted by Gasteiger charge is 2.24. The Morgan fingerprint density at radius 3 is 2.83 bits per heavy atom. The van der Waals surface area contributed by atoms with Crippen molar-refractivity contribution >= 4 is 11.4 Å². The highest BCUT2D eigenvalue weighted by Crippen LogP contribution is 2.33. The number of aryl methyl sites for hydroxylation is 1. The van der Waals surface area contributed by atoms with Crippen molar-refractivity contribution in [2.75, 3.05) is 6.54 Å². The summed E-state index contributed by atoms with van der Waals surface area (Å²) in [5.74, 6) is 0.532. The van der Waals surface area contributed by atoms with Crippen LogP contribution in [0.3, 0.4) is 0 Å². The number of amides is 1. The Hall–Kier alpha value is -3.49. The van der Waals surface area contributed by atoms with Crippen molar-refractivity contribution in [1.29, 1.82) is 0 Å². The van der Waals surface area contributed by atoms with Crippen molar-refractivity contribution in [1.82, 2.24) is 39.0 Å². The van der Waals surface area contributed by atoms with Gasteiger partial charge in [0.05, 0.1) is 24.1 Å². The number of nitrogens with one attached hydrogen (secondary N) is 1. The van der Waals surface area contributed by atoms with E-state index >= 15 is 0 Å². The molecule has 0 saturated heterocycles. The molecule has 0 unspecified atom stereocenters. The minimum Gasteiger partial charge on any atom is -0.351 e. The van der Waals surface area contributed by atoms with Gasteiger partial charge in [-0.15, -0.1) is 0 Å². The van der Waals surface area contributed by atoms with E-state index in [0.29, 0.717) is 23.8 Å². The molecule has 0 aliphatic heterocycles. The first-order chi connectivity index (χ1) is 14.8. The maximum Gasteiger partial charge on any atom is 0.272 e. The number of hydrogen-bond donors (Lipinski definition) is 1. The summed E-state index contributed by atoms with van der Waals surface area (Å²) in [6.07, 6.45) is 18.0. The van der Waals surface area contributed by atoms with Gasteiger partial charge in [-0.25, -0.2) is 9.97 Å². The van der Waals surface area contributed by atoms with Crippen LogP contribution in [0, 0.1) is 0 Å². The summed E-state index contributed by atoms with van der Waals surface area (Å²) < 4.78 is 5.98. The highest BCUT2D eigenvalue weighted by molar-refractivity contribution is 5.99. The lowest BCUT2D eigenvalue weighted by molar-refractivity contribution is 0.0950. The molecule has 4 aromatic heterocycles. The van der Waals surface area contributed by atoms with Gasteiger partial charge in [0.25, 0.3) is 5.91 Å². The number of aromatic nitrogens is 7. The molecule has 1 aliphatic rings. The van der Waals surface area contributed by atoms with E-state index < -0.39 is 0 Å². The second-order valence-electron chi connectivity index (χ2n) is 7.62. The standard InChI is InChI=1S/C21H24N8O/c30-21(24-7-3-11-27-12-9-23-15-27)19-18-14-22-10-13-28(18)20(26-19)17-6-8-25-29(17)16-4-1-2-5-16/h6,8-10,12-16H,1-5,7,11H2,(H,24,30). The monoisotopic (exact) mass is 404 g/mol. The molecule has 9 heteroatoms. The molecule has 1 aliphatic carbocycles. The summed E-state index contributed by atoms with van der Waals surface area (Å²) in [6, 6.07) is 2.37. The zero-order valence-corrected chi connectivity index (χ0v) is 16.7. The molecule has 0 spiro atoms. The van der Waals surface area contributed by atoms with Gasteiger partial charge in [-0.3, -0.25) is 18.9 Å². The van der Waals surface area contributed by atoms with E-state index in [2.05, 4.69) is 25.1 Å². The second-order valence-corrected chi connectivity index (χ2v) is 7.62. The molecule has 30 heavy (non-hydrogen) atoms. The summed E-state index contributed by atoms with van der Waals surface area (Å²) in [7, 11) is 0. The molecule has 1 saturated carbocycles. The zero-order valence-electron chi connectivity index (χ0n) is 16.7. The van der Waals surface area contributed by atoms with Crippen LogP contribution in [0.4, 0.5) is 0 Å². The Morgan fingerprint density at radius 2 is 2.00 bits per heavy atom. The average Bonchev–Trinajstić information content (AvgIpc) is 3.56. The second kappa shape index (κ2) is 8.10. The first kappa shape index (κ1) is 18.5. The van der Waals surface area contributed by atoms with Crippen LogP contribution >= 0.6 is 0 Å². The number of hydrogen-bond acceptors (Lipinski definition) is 5. The fourth-order valence-corrected chi connectivity index (χ4v) is 4.18. The van der Waals surface area contributed by atoms with E-state index in [0.717, 1.165) is 37.3 Å². The van der Waals surface area contributed by atoms with Gasteiger partial charge in [-0.1, -0.05) is 12.8 Å². The van der Waals surface area contributed by atoms with E-state index in [4.69, 9.17) is 4.98 Å². The molecule has 1 N–H and O–H groups in total.